The van der Waals surface area contributed by atoms with E-state index in [2.05, 4.69) is 32.6 Å². The van der Waals surface area contributed by atoms with Crippen LogP contribution in [0.15, 0.2) is 0 Å². The lowest BCUT2D eigenvalue weighted by Gasteiger charge is -2.63. The third-order valence-electron chi connectivity index (χ3n) is 16.4. The van der Waals surface area contributed by atoms with E-state index in [0.29, 0.717) is 25.0 Å². The van der Waals surface area contributed by atoms with Gasteiger partial charge in [-0.1, -0.05) is 34.6 Å². The fourth-order valence-corrected chi connectivity index (χ4v) is 13.9. The number of nitrogens with zero attached hydrogens (tertiary/aromatic N) is 1. The first-order valence-electron chi connectivity index (χ1n) is 19.7. The first kappa shape index (κ1) is 35.2. The Bertz CT molecular complexity index is 1300. The van der Waals surface area contributed by atoms with E-state index in [1.807, 2.05) is 0 Å². The van der Waals surface area contributed by atoms with Crippen molar-refractivity contribution in [1.29, 1.82) is 0 Å². The van der Waals surface area contributed by atoms with Crippen LogP contribution in [0.3, 0.4) is 0 Å². The highest BCUT2D eigenvalue weighted by molar-refractivity contribution is 5.69. The fraction of sp³-hybridized carbons (Fsp3) is 0.974. The van der Waals surface area contributed by atoms with Gasteiger partial charge in [0.05, 0.1) is 68.0 Å². The van der Waals surface area contributed by atoms with Crippen molar-refractivity contribution in [3.63, 3.8) is 0 Å². The van der Waals surface area contributed by atoms with E-state index in [1.165, 1.54) is 6.42 Å². The summed E-state index contributed by atoms with van der Waals surface area (Å²) >= 11 is 0. The molecule has 3 heterocycles. The minimum Gasteiger partial charge on any atom is -0.457 e. The maximum absolute atomic E-state index is 12.5. The van der Waals surface area contributed by atoms with Gasteiger partial charge in [0, 0.05) is 13.0 Å². The first-order valence-corrected chi connectivity index (χ1v) is 19.7. The van der Waals surface area contributed by atoms with E-state index in [-0.39, 0.29) is 64.2 Å². The molecule has 49 heavy (non-hydrogen) atoms. The zero-order chi connectivity index (χ0) is 34.9. The van der Waals surface area contributed by atoms with Gasteiger partial charge in [-0.2, -0.15) is 0 Å². The second kappa shape index (κ2) is 11.6. The predicted molar refractivity (Wildman–Crippen MR) is 182 cm³/mol. The van der Waals surface area contributed by atoms with Crippen LogP contribution in [0, 0.1) is 45.3 Å². The standard InChI is InChI=1S/C39H64N2O8/c1-8-28(42)49-33(35(5,6)44)24-17-22(2)30-31(47-24)32(43)39(40)26-10-9-25-34(3,4)27(48-29-18-41(15-16-46-29)23-19-45-20-23)11-12-37(25)21-38(26,37)14-13-36(30,39)7/h22-27,29-33,43-44H,8-21,40H2,1-7H3/t22-,24?,25+,26?,27?,29?,30+,31?,32+,33?,36?,37?,38?,39+/m1/s1. The summed E-state index contributed by atoms with van der Waals surface area (Å²) in [5, 5.41) is 23.6. The first-order chi connectivity index (χ1) is 23.0. The van der Waals surface area contributed by atoms with Gasteiger partial charge in [-0.15, -0.1) is 0 Å². The van der Waals surface area contributed by atoms with Gasteiger partial charge >= 0.3 is 5.97 Å². The van der Waals surface area contributed by atoms with Crippen molar-refractivity contribution in [3.8, 4) is 0 Å². The average Bonchev–Trinajstić information content (AvgIpc) is 3.64. The highest BCUT2D eigenvalue weighted by atomic mass is 16.7. The van der Waals surface area contributed by atoms with Gasteiger partial charge in [-0.25, -0.2) is 0 Å². The van der Waals surface area contributed by atoms with Crippen molar-refractivity contribution in [2.45, 2.75) is 160 Å². The van der Waals surface area contributed by atoms with Gasteiger partial charge in [0.15, 0.2) is 12.4 Å². The Kier molecular flexibility index (Phi) is 8.31. The third-order valence-corrected chi connectivity index (χ3v) is 16.4. The monoisotopic (exact) mass is 688 g/mol. The lowest BCUT2D eigenvalue weighted by Crippen LogP contribution is -2.70. The molecule has 5 aliphatic carbocycles. The van der Waals surface area contributed by atoms with Gasteiger partial charge in [-0.3, -0.25) is 9.69 Å². The van der Waals surface area contributed by atoms with E-state index >= 15 is 0 Å². The van der Waals surface area contributed by atoms with Gasteiger partial charge in [0.25, 0.3) is 0 Å². The smallest absolute Gasteiger partial charge is 0.305 e. The Balaban J connectivity index is 1.02. The molecule has 4 N–H and O–H groups in total. The Morgan fingerprint density at radius 3 is 2.47 bits per heavy atom. The fourth-order valence-electron chi connectivity index (χ4n) is 13.9. The number of rotatable bonds is 7. The van der Waals surface area contributed by atoms with Gasteiger partial charge < -0.3 is 39.6 Å². The molecule has 10 nitrogen and oxygen atoms in total. The molecular weight excluding hydrogens is 624 g/mol. The molecule has 3 aliphatic heterocycles. The average molecular weight is 689 g/mol. The van der Waals surface area contributed by atoms with Gasteiger partial charge in [0.2, 0.25) is 0 Å². The van der Waals surface area contributed by atoms with Crippen molar-refractivity contribution < 1.29 is 38.7 Å². The molecule has 5 saturated carbocycles. The molecule has 3 saturated heterocycles. The van der Waals surface area contributed by atoms with Crippen LogP contribution in [-0.4, -0.2) is 108 Å². The molecule has 0 radical (unpaired) electrons. The summed E-state index contributed by atoms with van der Waals surface area (Å²) in [5.74, 6) is 0.704. The molecule has 0 aromatic heterocycles. The van der Waals surface area contributed by atoms with Crippen LogP contribution in [-0.2, 0) is 28.5 Å². The number of carbonyl (C=O) groups excluding carboxylic acids is 1. The number of nitrogens with two attached hydrogens (primary N) is 1. The molecule has 0 aromatic carbocycles. The number of aliphatic hydroxyl groups excluding tert-OH is 1. The number of morpholine rings is 1. The second-order valence-electron chi connectivity index (χ2n) is 19.2. The van der Waals surface area contributed by atoms with Crippen LogP contribution in [0.4, 0.5) is 0 Å². The number of hydrogen-bond donors (Lipinski definition) is 3. The predicted octanol–water partition coefficient (Wildman–Crippen LogP) is 4.03. The van der Waals surface area contributed by atoms with E-state index in [1.54, 1.807) is 20.8 Å². The van der Waals surface area contributed by atoms with E-state index in [4.69, 9.17) is 29.4 Å². The largest absolute Gasteiger partial charge is 0.457 e. The molecule has 9 unspecified atom stereocenters. The molecule has 2 spiro atoms. The van der Waals surface area contributed by atoms with E-state index in [0.717, 1.165) is 64.8 Å². The molecule has 0 aromatic rings. The summed E-state index contributed by atoms with van der Waals surface area (Å²) in [6, 6.07) is 0.496. The second-order valence-corrected chi connectivity index (χ2v) is 19.2. The maximum atomic E-state index is 12.5. The summed E-state index contributed by atoms with van der Waals surface area (Å²) in [7, 11) is 0. The molecule has 0 bridgehead atoms. The molecule has 8 aliphatic rings. The van der Waals surface area contributed by atoms with Gasteiger partial charge in [-0.05, 0) is 111 Å². The molecule has 8 rings (SSSR count). The Morgan fingerprint density at radius 1 is 1.08 bits per heavy atom. The minimum atomic E-state index is -1.28. The number of carbonyl (C=O) groups is 1. The topological polar surface area (TPSA) is 133 Å². The zero-order valence-electron chi connectivity index (χ0n) is 31.1. The lowest BCUT2D eigenvalue weighted by atomic mass is 9.43. The van der Waals surface area contributed by atoms with E-state index < -0.39 is 35.6 Å². The van der Waals surface area contributed by atoms with Crippen LogP contribution >= 0.6 is 0 Å². The van der Waals surface area contributed by atoms with Crippen LogP contribution in [0.25, 0.3) is 0 Å². The summed E-state index contributed by atoms with van der Waals surface area (Å²) in [6.07, 6.45) is 5.86. The molecule has 10 heteroatoms. The highest BCUT2D eigenvalue weighted by Gasteiger charge is 2.85. The molecule has 0 amide bonds. The lowest BCUT2D eigenvalue weighted by molar-refractivity contribution is -0.254. The SMILES string of the molecule is CCC(=O)OC(C1C[C@@H](C)[C@H]2C(O1)[C@H](O)[C@@]1(N)C3CC[C@H]4C(C)(C)C(OC5CN(C6COC6)CCO5)CCC45CC35CCC21C)C(C)(C)O. The summed E-state index contributed by atoms with van der Waals surface area (Å²) in [4.78, 5) is 14.9. The van der Waals surface area contributed by atoms with Crippen molar-refractivity contribution in [1.82, 2.24) is 4.90 Å². The Labute approximate surface area is 293 Å². The van der Waals surface area contributed by atoms with Crippen molar-refractivity contribution in [3.05, 3.63) is 0 Å². The van der Waals surface area contributed by atoms with Crippen molar-refractivity contribution in [2.75, 3.05) is 32.9 Å². The summed E-state index contributed by atoms with van der Waals surface area (Å²) < 4.78 is 31.2. The third kappa shape index (κ3) is 4.82. The zero-order valence-corrected chi connectivity index (χ0v) is 31.1. The number of esters is 1. The normalized spacial score (nSPS) is 51.3. The number of ether oxygens (including phenoxy) is 5. The number of fused-ring (bicyclic) bond motifs is 4. The van der Waals surface area contributed by atoms with Crippen LogP contribution in [0.5, 0.6) is 0 Å². The molecule has 278 valence electrons. The summed E-state index contributed by atoms with van der Waals surface area (Å²) in [5.41, 5.74) is 5.86. The minimum absolute atomic E-state index is 0.00953. The van der Waals surface area contributed by atoms with E-state index in [9.17, 15) is 15.0 Å². The molecule has 8 fully saturated rings. The Morgan fingerprint density at radius 2 is 1.80 bits per heavy atom. The van der Waals surface area contributed by atoms with Crippen LogP contribution < -0.4 is 5.73 Å². The van der Waals surface area contributed by atoms with Crippen LogP contribution in [0.1, 0.15) is 106 Å². The molecular formula is C39H64N2O8. The summed E-state index contributed by atoms with van der Waals surface area (Å²) in [6.45, 7) is 18.7. The van der Waals surface area contributed by atoms with Gasteiger partial charge in [0.1, 0.15) is 0 Å². The van der Waals surface area contributed by atoms with Crippen molar-refractivity contribution in [2.24, 2.45) is 51.1 Å². The number of aliphatic hydroxyl groups is 2. The van der Waals surface area contributed by atoms with Crippen LogP contribution in [0.2, 0.25) is 0 Å². The molecule has 14 atom stereocenters. The number of hydrogen-bond acceptors (Lipinski definition) is 10. The highest BCUT2D eigenvalue weighted by Crippen LogP contribution is 2.87. The maximum Gasteiger partial charge on any atom is 0.305 e. The van der Waals surface area contributed by atoms with Crippen molar-refractivity contribution >= 4 is 5.97 Å². The Hall–Kier alpha value is -0.850. The quantitative estimate of drug-likeness (QED) is 0.337.